The summed E-state index contributed by atoms with van der Waals surface area (Å²) in [4.78, 5) is 23.7. The lowest BCUT2D eigenvalue weighted by Crippen LogP contribution is -2.49. The van der Waals surface area contributed by atoms with Crippen LogP contribution in [0.25, 0.3) is 0 Å². The van der Waals surface area contributed by atoms with Crippen molar-refractivity contribution < 1.29 is 14.3 Å². The quantitative estimate of drug-likeness (QED) is 0.720. The van der Waals surface area contributed by atoms with Crippen LogP contribution in [-0.4, -0.2) is 44.2 Å². The first-order chi connectivity index (χ1) is 10.1. The predicted molar refractivity (Wildman–Crippen MR) is 90.4 cm³/mol. The molecular weight excluding hydrogens is 374 g/mol. The maximum Gasteiger partial charge on any atom is 0.250 e. The molecule has 2 amide bonds. The highest BCUT2D eigenvalue weighted by molar-refractivity contribution is 9.10. The second-order valence-corrected chi connectivity index (χ2v) is 5.70. The van der Waals surface area contributed by atoms with Gasteiger partial charge in [-0.3, -0.25) is 9.59 Å². The van der Waals surface area contributed by atoms with Gasteiger partial charge in [-0.05, 0) is 24.6 Å². The number of morpholine rings is 1. The standard InChI is InChI=1S/C14H18BrN3O3.ClH/c1-9-2-3-10(15)6-11(9)18-13(19)8-17-14(20)12-7-16-4-5-21-12;/h2-3,6,12,16H,4-5,7-8H2,1H3,(H,17,20)(H,18,19);1H. The van der Waals surface area contributed by atoms with E-state index < -0.39 is 6.10 Å². The number of hydrogen-bond donors (Lipinski definition) is 3. The number of anilines is 1. The Morgan fingerprint density at radius 2 is 2.23 bits per heavy atom. The zero-order valence-electron chi connectivity index (χ0n) is 12.1. The lowest BCUT2D eigenvalue weighted by Gasteiger charge is -2.22. The van der Waals surface area contributed by atoms with E-state index in [-0.39, 0.29) is 30.8 Å². The van der Waals surface area contributed by atoms with Crippen molar-refractivity contribution in [3.63, 3.8) is 0 Å². The molecule has 1 aromatic rings. The number of hydrogen-bond acceptors (Lipinski definition) is 4. The fraction of sp³-hybridized carbons (Fsp3) is 0.429. The number of halogens is 2. The zero-order chi connectivity index (χ0) is 15.2. The first-order valence-electron chi connectivity index (χ1n) is 6.72. The Hall–Kier alpha value is -1.15. The van der Waals surface area contributed by atoms with Crippen molar-refractivity contribution in [2.75, 3.05) is 31.6 Å². The van der Waals surface area contributed by atoms with Crippen LogP contribution in [0.1, 0.15) is 5.56 Å². The maximum absolute atomic E-state index is 11.9. The van der Waals surface area contributed by atoms with Crippen LogP contribution >= 0.6 is 28.3 Å². The molecule has 1 atom stereocenters. The van der Waals surface area contributed by atoms with E-state index in [1.807, 2.05) is 25.1 Å². The van der Waals surface area contributed by atoms with Crippen LogP contribution in [-0.2, 0) is 14.3 Å². The highest BCUT2D eigenvalue weighted by atomic mass is 79.9. The Labute approximate surface area is 143 Å². The van der Waals surface area contributed by atoms with Gasteiger partial charge in [-0.1, -0.05) is 22.0 Å². The molecule has 2 rings (SSSR count). The van der Waals surface area contributed by atoms with Gasteiger partial charge in [0, 0.05) is 23.2 Å². The van der Waals surface area contributed by atoms with Crippen LogP contribution in [0.2, 0.25) is 0 Å². The van der Waals surface area contributed by atoms with Gasteiger partial charge in [0.1, 0.15) is 6.10 Å². The molecular formula is C14H19BrClN3O3. The molecule has 8 heteroatoms. The first kappa shape index (κ1) is 18.9. The second kappa shape index (κ2) is 9.09. The summed E-state index contributed by atoms with van der Waals surface area (Å²) >= 11 is 3.36. The van der Waals surface area contributed by atoms with Crippen molar-refractivity contribution in [3.8, 4) is 0 Å². The lowest BCUT2D eigenvalue weighted by molar-refractivity contribution is -0.135. The van der Waals surface area contributed by atoms with Crippen LogP contribution in [0, 0.1) is 6.92 Å². The number of benzene rings is 1. The van der Waals surface area contributed by atoms with E-state index in [1.165, 1.54) is 0 Å². The van der Waals surface area contributed by atoms with Crippen LogP contribution in [0.5, 0.6) is 0 Å². The number of rotatable bonds is 4. The molecule has 1 aliphatic rings. The molecule has 22 heavy (non-hydrogen) atoms. The largest absolute Gasteiger partial charge is 0.366 e. The maximum atomic E-state index is 11.9. The second-order valence-electron chi connectivity index (χ2n) is 4.79. The third-order valence-electron chi connectivity index (χ3n) is 3.12. The summed E-state index contributed by atoms with van der Waals surface area (Å²) in [6.07, 6.45) is -0.529. The number of carbonyl (C=O) groups excluding carboxylic acids is 2. The van der Waals surface area contributed by atoms with E-state index >= 15 is 0 Å². The van der Waals surface area contributed by atoms with Gasteiger partial charge in [-0.15, -0.1) is 12.4 Å². The van der Waals surface area contributed by atoms with Gasteiger partial charge in [0.25, 0.3) is 5.91 Å². The van der Waals surface area contributed by atoms with Gasteiger partial charge in [0.2, 0.25) is 5.91 Å². The molecule has 0 saturated carbocycles. The number of aryl methyl sites for hydroxylation is 1. The minimum atomic E-state index is -0.529. The molecule has 1 saturated heterocycles. The van der Waals surface area contributed by atoms with E-state index in [0.29, 0.717) is 13.2 Å². The predicted octanol–water partition coefficient (Wildman–Crippen LogP) is 1.22. The monoisotopic (exact) mass is 391 g/mol. The summed E-state index contributed by atoms with van der Waals surface area (Å²) in [5.74, 6) is -0.545. The Kier molecular flexibility index (Phi) is 7.81. The zero-order valence-corrected chi connectivity index (χ0v) is 14.6. The van der Waals surface area contributed by atoms with Gasteiger partial charge >= 0.3 is 0 Å². The molecule has 1 heterocycles. The van der Waals surface area contributed by atoms with Crippen LogP contribution in [0.15, 0.2) is 22.7 Å². The van der Waals surface area contributed by atoms with Gasteiger partial charge in [0.15, 0.2) is 0 Å². The molecule has 0 aliphatic carbocycles. The van der Waals surface area contributed by atoms with Gasteiger partial charge < -0.3 is 20.7 Å². The summed E-state index contributed by atoms with van der Waals surface area (Å²) in [7, 11) is 0. The highest BCUT2D eigenvalue weighted by Gasteiger charge is 2.21. The van der Waals surface area contributed by atoms with E-state index in [9.17, 15) is 9.59 Å². The minimum absolute atomic E-state index is 0. The van der Waals surface area contributed by atoms with Crippen molar-refractivity contribution >= 4 is 45.8 Å². The smallest absolute Gasteiger partial charge is 0.250 e. The molecule has 1 fully saturated rings. The fourth-order valence-electron chi connectivity index (χ4n) is 1.94. The van der Waals surface area contributed by atoms with Gasteiger partial charge in [-0.2, -0.15) is 0 Å². The van der Waals surface area contributed by atoms with E-state index in [0.717, 1.165) is 22.3 Å². The number of carbonyl (C=O) groups is 2. The lowest BCUT2D eigenvalue weighted by atomic mass is 10.2. The normalized spacial score (nSPS) is 17.3. The number of ether oxygens (including phenoxy) is 1. The molecule has 0 spiro atoms. The van der Waals surface area contributed by atoms with Gasteiger partial charge in [-0.25, -0.2) is 0 Å². The molecule has 0 bridgehead atoms. The summed E-state index contributed by atoms with van der Waals surface area (Å²) in [6.45, 7) is 3.54. The molecule has 6 nitrogen and oxygen atoms in total. The van der Waals surface area contributed by atoms with E-state index in [1.54, 1.807) is 0 Å². The van der Waals surface area contributed by atoms with Crippen LogP contribution in [0.3, 0.4) is 0 Å². The summed E-state index contributed by atoms with van der Waals surface area (Å²) in [6, 6.07) is 5.63. The van der Waals surface area contributed by atoms with Crippen LogP contribution in [0.4, 0.5) is 5.69 Å². The summed E-state index contributed by atoms with van der Waals surface area (Å²) < 4.78 is 6.20. The molecule has 3 N–H and O–H groups in total. The average molecular weight is 393 g/mol. The molecule has 0 aromatic heterocycles. The molecule has 122 valence electrons. The fourth-order valence-corrected chi connectivity index (χ4v) is 2.30. The van der Waals surface area contributed by atoms with E-state index in [4.69, 9.17) is 4.74 Å². The minimum Gasteiger partial charge on any atom is -0.366 e. The van der Waals surface area contributed by atoms with Crippen molar-refractivity contribution in [2.24, 2.45) is 0 Å². The number of amides is 2. The Morgan fingerprint density at radius 1 is 1.45 bits per heavy atom. The van der Waals surface area contributed by atoms with Crippen molar-refractivity contribution in [1.29, 1.82) is 0 Å². The van der Waals surface area contributed by atoms with Crippen molar-refractivity contribution in [3.05, 3.63) is 28.2 Å². The highest BCUT2D eigenvalue weighted by Crippen LogP contribution is 2.20. The summed E-state index contributed by atoms with van der Waals surface area (Å²) in [5, 5.41) is 8.41. The van der Waals surface area contributed by atoms with E-state index in [2.05, 4.69) is 31.9 Å². The third-order valence-corrected chi connectivity index (χ3v) is 3.61. The Balaban J connectivity index is 0.00000242. The molecule has 1 aliphatic heterocycles. The molecule has 1 unspecified atom stereocenters. The topological polar surface area (TPSA) is 79.5 Å². The Morgan fingerprint density at radius 3 is 2.91 bits per heavy atom. The summed E-state index contributed by atoms with van der Waals surface area (Å²) in [5.41, 5.74) is 1.68. The average Bonchev–Trinajstić information content (AvgIpc) is 2.49. The van der Waals surface area contributed by atoms with Gasteiger partial charge in [0.05, 0.1) is 13.2 Å². The number of nitrogens with one attached hydrogen (secondary N) is 3. The first-order valence-corrected chi connectivity index (χ1v) is 7.51. The van der Waals surface area contributed by atoms with Crippen molar-refractivity contribution in [1.82, 2.24) is 10.6 Å². The Bertz CT molecular complexity index is 536. The van der Waals surface area contributed by atoms with Crippen molar-refractivity contribution in [2.45, 2.75) is 13.0 Å². The SMILES string of the molecule is Cc1ccc(Br)cc1NC(=O)CNC(=O)C1CNCCO1.Cl. The molecule has 1 aromatic carbocycles. The molecule has 0 radical (unpaired) electrons. The third kappa shape index (κ3) is 5.57. The van der Waals surface area contributed by atoms with Crippen LogP contribution < -0.4 is 16.0 Å².